The summed E-state index contributed by atoms with van der Waals surface area (Å²) in [6.07, 6.45) is 0. The largest absolute Gasteiger partial charge is 0.872 e. The Morgan fingerprint density at radius 3 is 2.40 bits per heavy atom. The number of hydrogen-bond donors (Lipinski definition) is 0. The van der Waals surface area contributed by atoms with Crippen molar-refractivity contribution in [2.75, 3.05) is 21.1 Å². The predicted octanol–water partition coefficient (Wildman–Crippen LogP) is 0.875. The third kappa shape index (κ3) is 3.21. The SMILES string of the molecule is C[N+](C)(C)Cc1cc([N+](=O)[O-])ccc1[O-]. The fourth-order valence-corrected chi connectivity index (χ4v) is 1.31. The summed E-state index contributed by atoms with van der Waals surface area (Å²) in [5.74, 6) is -0.145. The molecule has 0 spiro atoms. The fourth-order valence-electron chi connectivity index (χ4n) is 1.31. The van der Waals surface area contributed by atoms with E-state index in [2.05, 4.69) is 0 Å². The molecule has 82 valence electrons. The molecule has 5 nitrogen and oxygen atoms in total. The fraction of sp³-hybridized carbons (Fsp3) is 0.400. The van der Waals surface area contributed by atoms with Crippen LogP contribution in [0.25, 0.3) is 0 Å². The summed E-state index contributed by atoms with van der Waals surface area (Å²) in [5.41, 5.74) is 0.453. The molecule has 0 bridgehead atoms. The van der Waals surface area contributed by atoms with Gasteiger partial charge in [-0.3, -0.25) is 10.1 Å². The lowest BCUT2D eigenvalue weighted by Gasteiger charge is -2.26. The van der Waals surface area contributed by atoms with Crippen molar-refractivity contribution < 1.29 is 14.5 Å². The van der Waals surface area contributed by atoms with Gasteiger partial charge in [0.2, 0.25) is 0 Å². The summed E-state index contributed by atoms with van der Waals surface area (Å²) in [7, 11) is 5.79. The zero-order valence-electron chi connectivity index (χ0n) is 9.06. The van der Waals surface area contributed by atoms with Crippen LogP contribution in [0.3, 0.4) is 0 Å². The molecule has 15 heavy (non-hydrogen) atoms. The molecule has 0 amide bonds. The minimum absolute atomic E-state index is 0.0296. The normalized spacial score (nSPS) is 11.4. The molecule has 0 aliphatic heterocycles. The van der Waals surface area contributed by atoms with E-state index in [4.69, 9.17) is 0 Å². The Morgan fingerprint density at radius 2 is 1.93 bits per heavy atom. The molecule has 0 aromatic heterocycles. The average Bonchev–Trinajstić information content (AvgIpc) is 2.06. The number of non-ortho nitro benzene ring substituents is 1. The van der Waals surface area contributed by atoms with Gasteiger partial charge < -0.3 is 9.59 Å². The maximum atomic E-state index is 11.4. The molecule has 0 saturated heterocycles. The number of rotatable bonds is 3. The highest BCUT2D eigenvalue weighted by Gasteiger charge is 2.13. The Morgan fingerprint density at radius 1 is 1.33 bits per heavy atom. The van der Waals surface area contributed by atoms with Gasteiger partial charge in [-0.15, -0.1) is 0 Å². The van der Waals surface area contributed by atoms with E-state index in [1.165, 1.54) is 18.2 Å². The molecule has 0 atom stereocenters. The van der Waals surface area contributed by atoms with Crippen LogP contribution in [0.2, 0.25) is 0 Å². The van der Waals surface area contributed by atoms with Gasteiger partial charge >= 0.3 is 0 Å². The Balaban J connectivity index is 3.06. The summed E-state index contributed by atoms with van der Waals surface area (Å²) < 4.78 is 0.566. The summed E-state index contributed by atoms with van der Waals surface area (Å²) in [5, 5.41) is 22.0. The van der Waals surface area contributed by atoms with Gasteiger partial charge in [0.25, 0.3) is 5.69 Å². The van der Waals surface area contributed by atoms with Crippen molar-refractivity contribution in [2.24, 2.45) is 0 Å². The van der Waals surface area contributed by atoms with Gasteiger partial charge in [0.1, 0.15) is 6.54 Å². The Labute approximate surface area is 88.3 Å². The zero-order chi connectivity index (χ0) is 11.6. The van der Waals surface area contributed by atoms with E-state index in [0.29, 0.717) is 16.6 Å². The van der Waals surface area contributed by atoms with Crippen LogP contribution >= 0.6 is 0 Å². The Hall–Kier alpha value is -1.62. The first-order valence-corrected chi connectivity index (χ1v) is 4.54. The van der Waals surface area contributed by atoms with Gasteiger partial charge in [-0.25, -0.2) is 0 Å². The molecule has 0 saturated carbocycles. The lowest BCUT2D eigenvalue weighted by Crippen LogP contribution is -2.33. The number of benzene rings is 1. The van der Waals surface area contributed by atoms with Crippen molar-refractivity contribution in [3.63, 3.8) is 0 Å². The number of quaternary nitrogens is 1. The molecule has 0 heterocycles. The first kappa shape index (κ1) is 11.5. The van der Waals surface area contributed by atoms with Crippen molar-refractivity contribution in [3.05, 3.63) is 33.9 Å². The Bertz CT molecular complexity index is 383. The molecule has 1 aromatic carbocycles. The second-order valence-corrected chi connectivity index (χ2v) is 4.50. The molecule has 0 fully saturated rings. The number of nitrogens with zero attached hydrogens (tertiary/aromatic N) is 2. The quantitative estimate of drug-likeness (QED) is 0.422. The lowest BCUT2D eigenvalue weighted by atomic mass is 10.1. The summed E-state index contributed by atoms with van der Waals surface area (Å²) in [6.45, 7) is 0.487. The van der Waals surface area contributed by atoms with Gasteiger partial charge in [0, 0.05) is 17.7 Å². The van der Waals surface area contributed by atoms with Crippen LogP contribution in [0.15, 0.2) is 18.2 Å². The van der Waals surface area contributed by atoms with E-state index >= 15 is 0 Å². The monoisotopic (exact) mass is 210 g/mol. The van der Waals surface area contributed by atoms with Crippen molar-refractivity contribution in [1.82, 2.24) is 0 Å². The van der Waals surface area contributed by atoms with Gasteiger partial charge in [-0.2, -0.15) is 0 Å². The van der Waals surface area contributed by atoms with Crippen LogP contribution in [-0.4, -0.2) is 30.5 Å². The lowest BCUT2D eigenvalue weighted by molar-refractivity contribution is -0.884. The highest BCUT2D eigenvalue weighted by atomic mass is 16.6. The maximum Gasteiger partial charge on any atom is 0.269 e. The first-order valence-electron chi connectivity index (χ1n) is 4.54. The second-order valence-electron chi connectivity index (χ2n) is 4.50. The predicted molar refractivity (Wildman–Crippen MR) is 54.3 cm³/mol. The van der Waals surface area contributed by atoms with Crippen LogP contribution in [0.4, 0.5) is 5.69 Å². The number of nitro groups is 1. The van der Waals surface area contributed by atoms with Crippen LogP contribution in [-0.2, 0) is 6.54 Å². The average molecular weight is 210 g/mol. The van der Waals surface area contributed by atoms with E-state index in [1.807, 2.05) is 21.1 Å². The van der Waals surface area contributed by atoms with E-state index in [1.54, 1.807) is 0 Å². The van der Waals surface area contributed by atoms with Crippen LogP contribution in [0, 0.1) is 10.1 Å². The van der Waals surface area contributed by atoms with Crippen molar-refractivity contribution >= 4 is 5.69 Å². The minimum Gasteiger partial charge on any atom is -0.872 e. The highest BCUT2D eigenvalue weighted by molar-refractivity contribution is 5.41. The highest BCUT2D eigenvalue weighted by Crippen LogP contribution is 2.22. The van der Waals surface area contributed by atoms with E-state index < -0.39 is 4.92 Å². The maximum absolute atomic E-state index is 11.4. The smallest absolute Gasteiger partial charge is 0.269 e. The van der Waals surface area contributed by atoms with Crippen molar-refractivity contribution in [3.8, 4) is 5.75 Å². The molecule has 1 aromatic rings. The van der Waals surface area contributed by atoms with Gasteiger partial charge in [0.15, 0.2) is 0 Å². The molecular weight excluding hydrogens is 196 g/mol. The number of nitro benzene ring substituents is 1. The number of hydrogen-bond acceptors (Lipinski definition) is 3. The van der Waals surface area contributed by atoms with Gasteiger partial charge in [-0.1, -0.05) is 11.8 Å². The minimum atomic E-state index is -0.487. The molecule has 0 unspecified atom stereocenters. The van der Waals surface area contributed by atoms with E-state index in [9.17, 15) is 15.2 Å². The van der Waals surface area contributed by atoms with E-state index in [0.717, 1.165) is 0 Å². The molecule has 0 radical (unpaired) electrons. The second kappa shape index (κ2) is 3.86. The summed E-state index contributed by atoms with van der Waals surface area (Å²) in [4.78, 5) is 10.0. The summed E-state index contributed by atoms with van der Waals surface area (Å²) >= 11 is 0. The first-order chi connectivity index (χ1) is 6.79. The molecule has 5 heteroatoms. The van der Waals surface area contributed by atoms with Crippen LogP contribution in [0.1, 0.15) is 5.56 Å². The molecule has 1 rings (SSSR count). The topological polar surface area (TPSA) is 66.2 Å². The van der Waals surface area contributed by atoms with Gasteiger partial charge in [-0.05, 0) is 0 Å². The van der Waals surface area contributed by atoms with Crippen molar-refractivity contribution in [1.29, 1.82) is 0 Å². The standard InChI is InChI=1S/C10H14N2O3/c1-12(2,3)7-8-6-9(11(14)15)4-5-10(8)13/h4-6H,7H2,1-3H3. The molecule has 0 aliphatic rings. The molecule has 0 N–H and O–H groups in total. The third-order valence-electron chi connectivity index (χ3n) is 1.90. The van der Waals surface area contributed by atoms with Crippen LogP contribution in [0.5, 0.6) is 5.75 Å². The molecular formula is C10H14N2O3. The zero-order valence-corrected chi connectivity index (χ0v) is 9.06. The molecule has 0 aliphatic carbocycles. The van der Waals surface area contributed by atoms with Crippen molar-refractivity contribution in [2.45, 2.75) is 6.54 Å². The third-order valence-corrected chi connectivity index (χ3v) is 1.90. The summed E-state index contributed by atoms with van der Waals surface area (Å²) in [6, 6.07) is 3.84. The Kier molecular flexibility index (Phi) is 2.95. The van der Waals surface area contributed by atoms with E-state index in [-0.39, 0.29) is 11.4 Å². The van der Waals surface area contributed by atoms with Crippen LogP contribution < -0.4 is 5.11 Å². The van der Waals surface area contributed by atoms with Gasteiger partial charge in [0.05, 0.1) is 26.1 Å².